The molecule has 0 fully saturated rings. The molecule has 0 saturated carbocycles. The van der Waals surface area contributed by atoms with Gasteiger partial charge >= 0.3 is 17.9 Å². The molecule has 10 amide bonds. The van der Waals surface area contributed by atoms with Crippen molar-refractivity contribution in [1.82, 2.24) is 42.5 Å². The Labute approximate surface area is 438 Å². The molecule has 10 atom stereocenters. The molecule has 18 N–H and O–H groups in total. The highest BCUT2D eigenvalue weighted by Crippen LogP contribution is 2.15. The summed E-state index contributed by atoms with van der Waals surface area (Å²) in [7, 11) is 0. The Morgan fingerprint density at radius 1 is 0.461 bits per heavy atom. The van der Waals surface area contributed by atoms with Gasteiger partial charge in [-0.15, -0.1) is 0 Å². The van der Waals surface area contributed by atoms with Gasteiger partial charge in [0, 0.05) is 19.3 Å². The van der Waals surface area contributed by atoms with E-state index in [-0.39, 0.29) is 31.4 Å². The lowest BCUT2D eigenvalue weighted by molar-refractivity contribution is -0.145. The number of amides is 10. The molecule has 1 aromatic rings. The molecule has 424 valence electrons. The molecule has 28 nitrogen and oxygen atoms in total. The molecule has 0 bridgehead atoms. The van der Waals surface area contributed by atoms with Crippen molar-refractivity contribution < 1.29 is 82.8 Å². The summed E-state index contributed by atoms with van der Waals surface area (Å²) in [5.41, 5.74) is 16.9. The lowest BCUT2D eigenvalue weighted by atomic mass is 9.96. The van der Waals surface area contributed by atoms with Crippen molar-refractivity contribution in [3.8, 4) is 5.75 Å². The first-order valence-corrected chi connectivity index (χ1v) is 24.5. The van der Waals surface area contributed by atoms with Gasteiger partial charge in [-0.3, -0.25) is 57.5 Å². The van der Waals surface area contributed by atoms with Crippen LogP contribution in [0.3, 0.4) is 0 Å². The summed E-state index contributed by atoms with van der Waals surface area (Å²) >= 11 is 0. The summed E-state index contributed by atoms with van der Waals surface area (Å²) in [5.74, 6) is -17.7. The number of carbonyl (C=O) groups is 13. The molecule has 0 unspecified atom stereocenters. The minimum Gasteiger partial charge on any atom is -0.508 e. The van der Waals surface area contributed by atoms with Crippen molar-refractivity contribution >= 4 is 77.0 Å². The van der Waals surface area contributed by atoms with Crippen molar-refractivity contribution in [3.63, 3.8) is 0 Å². The van der Waals surface area contributed by atoms with Crippen molar-refractivity contribution in [2.24, 2.45) is 40.9 Å². The number of aromatic hydroxyl groups is 1. The third-order valence-electron chi connectivity index (χ3n) is 11.9. The van der Waals surface area contributed by atoms with Gasteiger partial charge < -0.3 is 80.2 Å². The third kappa shape index (κ3) is 23.1. The number of phenolic OH excluding ortho intramolecular Hbond substituents is 1. The molecule has 0 aromatic heterocycles. The first-order chi connectivity index (χ1) is 35.3. The van der Waals surface area contributed by atoms with Crippen LogP contribution in [0, 0.1) is 23.7 Å². The maximum absolute atomic E-state index is 14.0. The van der Waals surface area contributed by atoms with Gasteiger partial charge in [-0.05, 0) is 54.2 Å². The number of phenols is 1. The van der Waals surface area contributed by atoms with Crippen LogP contribution in [0.5, 0.6) is 5.75 Å². The van der Waals surface area contributed by atoms with Crippen LogP contribution >= 0.6 is 0 Å². The normalized spacial score (nSPS) is 15.1. The molecule has 0 radical (unpaired) electrons. The van der Waals surface area contributed by atoms with Gasteiger partial charge in [-0.1, -0.05) is 73.9 Å². The van der Waals surface area contributed by atoms with Gasteiger partial charge in [0.2, 0.25) is 59.1 Å². The highest BCUT2D eigenvalue weighted by Gasteiger charge is 2.38. The van der Waals surface area contributed by atoms with E-state index in [2.05, 4.69) is 42.5 Å². The van der Waals surface area contributed by atoms with Crippen LogP contribution in [0.25, 0.3) is 0 Å². The maximum Gasteiger partial charge on any atom is 0.326 e. The van der Waals surface area contributed by atoms with E-state index >= 15 is 0 Å². The summed E-state index contributed by atoms with van der Waals surface area (Å²) in [5, 5.41) is 57.6. The highest BCUT2D eigenvalue weighted by molar-refractivity contribution is 6.00. The fraction of sp³-hybridized carbons (Fsp3) is 0.604. The van der Waals surface area contributed by atoms with Crippen LogP contribution in [-0.4, -0.2) is 152 Å². The molecular formula is C48H75N11O17. The number of carboxylic acid groups (broad SMARTS) is 3. The molecule has 0 spiro atoms. The number of hydrogen-bond acceptors (Lipinski definition) is 15. The number of primary amides is 2. The second-order valence-electron chi connectivity index (χ2n) is 19.3. The fourth-order valence-electron chi connectivity index (χ4n) is 7.19. The molecule has 0 aliphatic carbocycles. The van der Waals surface area contributed by atoms with Crippen LogP contribution in [0.2, 0.25) is 0 Å². The second-order valence-corrected chi connectivity index (χ2v) is 19.3. The van der Waals surface area contributed by atoms with Crippen LogP contribution in [-0.2, 0) is 68.7 Å². The van der Waals surface area contributed by atoms with Crippen LogP contribution < -0.4 is 59.7 Å². The highest BCUT2D eigenvalue weighted by atomic mass is 16.4. The number of benzene rings is 1. The summed E-state index contributed by atoms with van der Waals surface area (Å²) < 4.78 is 0. The summed E-state index contributed by atoms with van der Waals surface area (Å²) in [6.45, 7) is 12.2. The Hall–Kier alpha value is -7.91. The quantitative estimate of drug-likeness (QED) is 0.0322. The number of aliphatic carboxylic acids is 3. The summed E-state index contributed by atoms with van der Waals surface area (Å²) in [6.07, 6.45) is -3.50. The molecule has 28 heteroatoms. The third-order valence-corrected chi connectivity index (χ3v) is 11.9. The van der Waals surface area contributed by atoms with E-state index in [1.807, 2.05) is 0 Å². The van der Waals surface area contributed by atoms with Gasteiger partial charge in [0.05, 0.1) is 18.9 Å². The summed E-state index contributed by atoms with van der Waals surface area (Å²) in [4.78, 5) is 168. The number of carboxylic acids is 3. The topological polar surface area (TPSA) is 477 Å². The Bertz CT molecular complexity index is 2260. The van der Waals surface area contributed by atoms with Crippen molar-refractivity contribution in [3.05, 3.63) is 29.8 Å². The standard InChI is InChI=1S/C48H75N11O17/c1-9-24(8)39(47(74)58-38(23(6)7)48(75)76)59-44(71)31(20-35(65)66)54-43(70)30(19-34(63)64)55-45(72)36(21(2)3)57-46(73)37(22(4)5)56-41(68)28(15-17-33(51)62)52-42(69)29(18-25-10-12-26(60)13-11-25)53-40(67)27(49)14-16-32(50)61/h10-13,21-24,27-31,36-39,60H,9,14-20,49H2,1-8H3,(H2,50,61)(H2,51,62)(H,52,69)(H,53,67)(H,54,70)(H,55,72)(H,56,68)(H,57,73)(H,58,74)(H,59,71)(H,63,64)(H,65,66)(H,75,76)/t24-,27-,28-,29-,30-,31-,36-,37-,38-,39-/m0/s1. The first kappa shape index (κ1) is 66.1. The van der Waals surface area contributed by atoms with Gasteiger partial charge in [-0.25, -0.2) is 4.79 Å². The predicted molar refractivity (Wildman–Crippen MR) is 268 cm³/mol. The smallest absolute Gasteiger partial charge is 0.326 e. The van der Waals surface area contributed by atoms with E-state index in [9.17, 15) is 82.8 Å². The molecule has 0 heterocycles. The molecule has 0 saturated heterocycles. The molecule has 1 rings (SSSR count). The van der Waals surface area contributed by atoms with Gasteiger partial charge in [0.15, 0.2) is 0 Å². The zero-order valence-electron chi connectivity index (χ0n) is 43.8. The van der Waals surface area contributed by atoms with Gasteiger partial charge in [0.1, 0.15) is 54.1 Å². The van der Waals surface area contributed by atoms with E-state index in [0.29, 0.717) is 5.56 Å². The number of carbonyl (C=O) groups excluding carboxylic acids is 10. The minimum absolute atomic E-state index is 0.106. The Morgan fingerprint density at radius 2 is 0.816 bits per heavy atom. The summed E-state index contributed by atoms with van der Waals surface area (Å²) in [6, 6.07) is -8.69. The van der Waals surface area contributed by atoms with Gasteiger partial charge in [-0.2, -0.15) is 0 Å². The SMILES string of the molecule is CC[C@H](C)[C@H](NC(=O)[C@H](CC(=O)O)NC(=O)[C@H](CC(=O)O)NC(=O)[C@@H](NC(=O)[C@@H](NC(=O)[C@H](CCC(N)=O)NC(=O)[C@H](Cc1ccc(O)cc1)NC(=O)[C@@H](N)CCC(N)=O)C(C)C)C(C)C)C(=O)N[C@H](C(=O)O)C(C)C. The molecular weight excluding hydrogens is 1000 g/mol. The molecule has 76 heavy (non-hydrogen) atoms. The van der Waals surface area contributed by atoms with E-state index in [1.54, 1.807) is 13.8 Å². The zero-order chi connectivity index (χ0) is 58.3. The average molecular weight is 1080 g/mol. The van der Waals surface area contributed by atoms with Crippen molar-refractivity contribution in [2.45, 2.75) is 161 Å². The van der Waals surface area contributed by atoms with Crippen LogP contribution in [0.15, 0.2) is 24.3 Å². The molecule has 0 aliphatic heterocycles. The van der Waals surface area contributed by atoms with E-state index in [4.69, 9.17) is 17.2 Å². The first-order valence-electron chi connectivity index (χ1n) is 24.5. The number of nitrogens with one attached hydrogen (secondary N) is 8. The lowest BCUT2D eigenvalue weighted by Crippen LogP contribution is -2.62. The number of hydrogen-bond donors (Lipinski definition) is 15. The Morgan fingerprint density at radius 3 is 1.26 bits per heavy atom. The Kier molecular flexibility index (Phi) is 27.6. The number of nitrogens with two attached hydrogens (primary N) is 3. The van der Waals surface area contributed by atoms with Crippen LogP contribution in [0.4, 0.5) is 0 Å². The Balaban J connectivity index is 3.48. The zero-order valence-corrected chi connectivity index (χ0v) is 43.8. The van der Waals surface area contributed by atoms with E-state index < -0.39 is 181 Å². The molecule has 1 aromatic carbocycles. The fourth-order valence-corrected chi connectivity index (χ4v) is 7.19. The lowest BCUT2D eigenvalue weighted by Gasteiger charge is -2.30. The van der Waals surface area contributed by atoms with E-state index in [0.717, 1.165) is 0 Å². The van der Waals surface area contributed by atoms with Gasteiger partial charge in [0.25, 0.3) is 0 Å². The van der Waals surface area contributed by atoms with E-state index in [1.165, 1.54) is 65.8 Å². The van der Waals surface area contributed by atoms with Crippen molar-refractivity contribution in [1.29, 1.82) is 0 Å². The molecule has 0 aliphatic rings. The minimum atomic E-state index is -2.02. The van der Waals surface area contributed by atoms with Crippen molar-refractivity contribution in [2.75, 3.05) is 0 Å². The largest absolute Gasteiger partial charge is 0.508 e. The second kappa shape index (κ2) is 31.7. The number of rotatable bonds is 34. The van der Waals surface area contributed by atoms with Crippen LogP contribution in [0.1, 0.15) is 106 Å². The average Bonchev–Trinajstić information content (AvgIpc) is 3.32. The predicted octanol–water partition coefficient (Wildman–Crippen LogP) is -3.28. The maximum atomic E-state index is 14.0. The monoisotopic (exact) mass is 1080 g/mol.